The molecule has 1 aromatic heterocycles. The fourth-order valence-corrected chi connectivity index (χ4v) is 4.03. The number of imidazole rings is 1. The van der Waals surface area contributed by atoms with E-state index in [2.05, 4.69) is 50.9 Å². The van der Waals surface area contributed by atoms with Crippen molar-refractivity contribution in [3.63, 3.8) is 0 Å². The standard InChI is InChI=1S/C21H24N2O/c1-20(2)11-12-21(3,4)16-13-14(9-10-15(16)20)23-18-8-6-5-7-17(18)22-19(23)24/h5-10,13H,11-12H2,1-4H3,(H,22,24). The van der Waals surface area contributed by atoms with Crippen molar-refractivity contribution in [1.82, 2.24) is 9.55 Å². The summed E-state index contributed by atoms with van der Waals surface area (Å²) in [7, 11) is 0. The van der Waals surface area contributed by atoms with Gasteiger partial charge in [-0.2, -0.15) is 0 Å². The molecule has 0 atom stereocenters. The van der Waals surface area contributed by atoms with E-state index in [0.29, 0.717) is 0 Å². The molecule has 0 saturated carbocycles. The quantitative estimate of drug-likeness (QED) is 0.695. The molecule has 0 spiro atoms. The Morgan fingerprint density at radius 3 is 2.33 bits per heavy atom. The first-order chi connectivity index (χ1) is 11.3. The normalized spacial score (nSPS) is 18.5. The zero-order valence-corrected chi connectivity index (χ0v) is 14.8. The van der Waals surface area contributed by atoms with Crippen molar-refractivity contribution in [3.05, 3.63) is 64.1 Å². The average molecular weight is 320 g/mol. The van der Waals surface area contributed by atoms with Crippen LogP contribution in [-0.4, -0.2) is 9.55 Å². The van der Waals surface area contributed by atoms with Crippen molar-refractivity contribution in [2.45, 2.75) is 51.4 Å². The Kier molecular flexibility index (Phi) is 3.08. The summed E-state index contributed by atoms with van der Waals surface area (Å²) in [6.45, 7) is 9.25. The van der Waals surface area contributed by atoms with Crippen LogP contribution in [0.4, 0.5) is 0 Å². The van der Waals surface area contributed by atoms with Gasteiger partial charge in [-0.25, -0.2) is 4.79 Å². The molecule has 3 aromatic rings. The maximum atomic E-state index is 12.5. The molecule has 0 radical (unpaired) electrons. The van der Waals surface area contributed by atoms with Gasteiger partial charge in [0, 0.05) is 0 Å². The van der Waals surface area contributed by atoms with Crippen LogP contribution in [0.15, 0.2) is 47.3 Å². The van der Waals surface area contributed by atoms with E-state index < -0.39 is 0 Å². The van der Waals surface area contributed by atoms with Crippen LogP contribution in [0.5, 0.6) is 0 Å². The number of aromatic nitrogens is 2. The molecule has 0 bridgehead atoms. The lowest BCUT2D eigenvalue weighted by atomic mass is 9.63. The van der Waals surface area contributed by atoms with Crippen molar-refractivity contribution in [2.24, 2.45) is 0 Å². The predicted octanol–water partition coefficient (Wildman–Crippen LogP) is 4.67. The molecule has 0 unspecified atom stereocenters. The number of hydrogen-bond acceptors (Lipinski definition) is 1. The first-order valence-electron chi connectivity index (χ1n) is 8.65. The maximum Gasteiger partial charge on any atom is 0.331 e. The summed E-state index contributed by atoms with van der Waals surface area (Å²) in [5.74, 6) is 0. The van der Waals surface area contributed by atoms with Crippen molar-refractivity contribution in [3.8, 4) is 5.69 Å². The van der Waals surface area contributed by atoms with Gasteiger partial charge < -0.3 is 4.98 Å². The number of para-hydroxylation sites is 2. The van der Waals surface area contributed by atoms with Gasteiger partial charge in [0.05, 0.1) is 16.7 Å². The number of fused-ring (bicyclic) bond motifs is 2. The number of benzene rings is 2. The largest absolute Gasteiger partial charge is 0.331 e. The average Bonchev–Trinajstić information content (AvgIpc) is 2.87. The van der Waals surface area contributed by atoms with Gasteiger partial charge in [-0.05, 0) is 59.1 Å². The molecule has 2 aromatic carbocycles. The Morgan fingerprint density at radius 2 is 1.58 bits per heavy atom. The zero-order chi connectivity index (χ0) is 17.1. The molecule has 3 heteroatoms. The van der Waals surface area contributed by atoms with Crippen LogP contribution in [0.25, 0.3) is 16.7 Å². The van der Waals surface area contributed by atoms with Gasteiger partial charge in [0.15, 0.2) is 0 Å². The molecular weight excluding hydrogens is 296 g/mol. The molecule has 124 valence electrons. The summed E-state index contributed by atoms with van der Waals surface area (Å²) in [6.07, 6.45) is 2.36. The number of aromatic amines is 1. The highest BCUT2D eigenvalue weighted by molar-refractivity contribution is 5.77. The lowest BCUT2D eigenvalue weighted by molar-refractivity contribution is 0.332. The predicted molar refractivity (Wildman–Crippen MR) is 99.2 cm³/mol. The Hall–Kier alpha value is -2.29. The van der Waals surface area contributed by atoms with E-state index in [1.807, 2.05) is 24.3 Å². The van der Waals surface area contributed by atoms with Crippen molar-refractivity contribution >= 4 is 11.0 Å². The molecule has 0 amide bonds. The topological polar surface area (TPSA) is 37.8 Å². The van der Waals surface area contributed by atoms with E-state index in [9.17, 15) is 4.79 Å². The summed E-state index contributed by atoms with van der Waals surface area (Å²) in [5, 5.41) is 0. The highest BCUT2D eigenvalue weighted by Crippen LogP contribution is 2.46. The molecule has 4 rings (SSSR count). The molecule has 1 aliphatic rings. The first kappa shape index (κ1) is 15.3. The number of nitrogens with zero attached hydrogens (tertiary/aromatic N) is 1. The molecule has 0 saturated heterocycles. The number of nitrogens with one attached hydrogen (secondary N) is 1. The Morgan fingerprint density at radius 1 is 0.917 bits per heavy atom. The zero-order valence-electron chi connectivity index (χ0n) is 14.8. The molecule has 1 aliphatic carbocycles. The van der Waals surface area contributed by atoms with Crippen LogP contribution < -0.4 is 5.69 Å². The number of hydrogen-bond donors (Lipinski definition) is 1. The minimum absolute atomic E-state index is 0.0796. The third-order valence-electron chi connectivity index (χ3n) is 5.68. The highest BCUT2D eigenvalue weighted by Gasteiger charge is 2.37. The van der Waals surface area contributed by atoms with Gasteiger partial charge in [-0.15, -0.1) is 0 Å². The van der Waals surface area contributed by atoms with Gasteiger partial charge in [0.2, 0.25) is 0 Å². The fourth-order valence-electron chi connectivity index (χ4n) is 4.03. The minimum Gasteiger partial charge on any atom is -0.305 e. The summed E-state index contributed by atoms with van der Waals surface area (Å²) >= 11 is 0. The second-order valence-corrected chi connectivity index (χ2v) is 8.28. The van der Waals surface area contributed by atoms with Crippen molar-refractivity contribution < 1.29 is 0 Å². The van der Waals surface area contributed by atoms with Crippen LogP contribution in [0.1, 0.15) is 51.7 Å². The Labute approximate surface area is 142 Å². The van der Waals surface area contributed by atoms with Gasteiger partial charge in [-0.3, -0.25) is 4.57 Å². The summed E-state index contributed by atoms with van der Waals surface area (Å²) in [5.41, 5.74) is 5.77. The number of rotatable bonds is 1. The first-order valence-corrected chi connectivity index (χ1v) is 8.65. The number of H-pyrrole nitrogens is 1. The van der Waals surface area contributed by atoms with Gasteiger partial charge in [0.25, 0.3) is 0 Å². The smallest absolute Gasteiger partial charge is 0.305 e. The van der Waals surface area contributed by atoms with E-state index in [1.165, 1.54) is 24.0 Å². The van der Waals surface area contributed by atoms with Crippen LogP contribution in [0, 0.1) is 0 Å². The van der Waals surface area contributed by atoms with Gasteiger partial charge >= 0.3 is 5.69 Å². The lowest BCUT2D eigenvalue weighted by Gasteiger charge is -2.42. The van der Waals surface area contributed by atoms with E-state index in [4.69, 9.17) is 0 Å². The van der Waals surface area contributed by atoms with Crippen LogP contribution in [0.2, 0.25) is 0 Å². The van der Waals surface area contributed by atoms with Gasteiger partial charge in [-0.1, -0.05) is 45.9 Å². The molecule has 1 N–H and O–H groups in total. The Bertz CT molecular complexity index is 988. The molecule has 24 heavy (non-hydrogen) atoms. The van der Waals surface area contributed by atoms with E-state index >= 15 is 0 Å². The second kappa shape index (κ2) is 4.85. The van der Waals surface area contributed by atoms with E-state index in [0.717, 1.165) is 16.7 Å². The third kappa shape index (κ3) is 2.15. The summed E-state index contributed by atoms with van der Waals surface area (Å²) < 4.78 is 1.79. The fraction of sp³-hybridized carbons (Fsp3) is 0.381. The third-order valence-corrected chi connectivity index (χ3v) is 5.68. The summed E-state index contributed by atoms with van der Waals surface area (Å²) in [6, 6.07) is 14.4. The Balaban J connectivity index is 1.98. The molecule has 1 heterocycles. The SMILES string of the molecule is CC1(C)CCC(C)(C)c2cc(-n3c(=O)[nH]c4ccccc43)ccc21. The van der Waals surface area contributed by atoms with Crippen LogP contribution >= 0.6 is 0 Å². The van der Waals surface area contributed by atoms with Crippen LogP contribution in [-0.2, 0) is 10.8 Å². The lowest BCUT2D eigenvalue weighted by Crippen LogP contribution is -2.34. The monoisotopic (exact) mass is 320 g/mol. The van der Waals surface area contributed by atoms with Gasteiger partial charge in [0.1, 0.15) is 0 Å². The molecule has 3 nitrogen and oxygen atoms in total. The molecule has 0 aliphatic heterocycles. The highest BCUT2D eigenvalue weighted by atomic mass is 16.1. The molecular formula is C21H24N2O. The van der Waals surface area contributed by atoms with Crippen molar-refractivity contribution in [1.29, 1.82) is 0 Å². The van der Waals surface area contributed by atoms with Crippen molar-refractivity contribution in [2.75, 3.05) is 0 Å². The van der Waals surface area contributed by atoms with E-state index in [-0.39, 0.29) is 16.5 Å². The maximum absolute atomic E-state index is 12.5. The minimum atomic E-state index is -0.0796. The molecule has 0 fully saturated rings. The summed E-state index contributed by atoms with van der Waals surface area (Å²) in [4.78, 5) is 15.5. The van der Waals surface area contributed by atoms with Crippen LogP contribution in [0.3, 0.4) is 0 Å². The van der Waals surface area contributed by atoms with E-state index in [1.54, 1.807) is 4.57 Å². The second-order valence-electron chi connectivity index (χ2n) is 8.28.